The Morgan fingerprint density at radius 2 is 1.94 bits per heavy atom. The molecule has 3 nitrogen and oxygen atoms in total. The topological polar surface area (TPSA) is 32.7 Å². The van der Waals surface area contributed by atoms with Crippen molar-refractivity contribution in [3.05, 3.63) is 23.8 Å². The fourth-order valence-corrected chi connectivity index (χ4v) is 2.32. The summed E-state index contributed by atoms with van der Waals surface area (Å²) in [6, 6.07) is 6.38. The molecule has 0 radical (unpaired) electrons. The molecule has 102 valence electrons. The molecule has 18 heavy (non-hydrogen) atoms. The minimum Gasteiger partial charge on any atom is -0.496 e. The van der Waals surface area contributed by atoms with Crippen molar-refractivity contribution in [2.24, 2.45) is 0 Å². The monoisotopic (exact) mass is 251 g/mol. The second kappa shape index (κ2) is 6.64. The molecular formula is C15H25NO2. The van der Waals surface area contributed by atoms with Crippen molar-refractivity contribution in [2.45, 2.75) is 46.3 Å². The van der Waals surface area contributed by atoms with Gasteiger partial charge in [-0.3, -0.25) is 0 Å². The zero-order chi connectivity index (χ0) is 13.7. The van der Waals surface area contributed by atoms with Crippen molar-refractivity contribution in [3.8, 4) is 5.75 Å². The highest BCUT2D eigenvalue weighted by molar-refractivity contribution is 5.60. The molecule has 1 aromatic rings. The highest BCUT2D eigenvalue weighted by Crippen LogP contribution is 2.35. The highest BCUT2D eigenvalue weighted by Gasteiger charge is 2.20. The predicted octanol–water partition coefficient (Wildman–Crippen LogP) is 3.37. The van der Waals surface area contributed by atoms with E-state index in [0.717, 1.165) is 30.0 Å². The van der Waals surface area contributed by atoms with Crippen LogP contribution in [0.15, 0.2) is 18.2 Å². The molecule has 0 spiro atoms. The number of hydrogen-bond acceptors (Lipinski definition) is 3. The predicted molar refractivity (Wildman–Crippen MR) is 76.4 cm³/mol. The second-order valence-corrected chi connectivity index (χ2v) is 4.61. The van der Waals surface area contributed by atoms with Crippen LogP contribution in [0, 0.1) is 0 Å². The molecule has 0 amide bonds. The third-order valence-corrected chi connectivity index (χ3v) is 3.45. The van der Waals surface area contributed by atoms with Crippen molar-refractivity contribution < 1.29 is 9.84 Å². The van der Waals surface area contributed by atoms with Gasteiger partial charge in [0.15, 0.2) is 0 Å². The van der Waals surface area contributed by atoms with Crippen molar-refractivity contribution in [1.82, 2.24) is 0 Å². The molecule has 0 aliphatic rings. The summed E-state index contributed by atoms with van der Waals surface area (Å²) in [5.74, 6) is 0.754. The summed E-state index contributed by atoms with van der Waals surface area (Å²) in [4.78, 5) is 2.31. The minimum absolute atomic E-state index is 0.444. The third kappa shape index (κ3) is 2.96. The smallest absolute Gasteiger partial charge is 0.126 e. The van der Waals surface area contributed by atoms with Crippen LogP contribution in [-0.4, -0.2) is 24.8 Å². The number of rotatable bonds is 6. The van der Waals surface area contributed by atoms with Crippen LogP contribution in [0.3, 0.4) is 0 Å². The van der Waals surface area contributed by atoms with Gasteiger partial charge in [0, 0.05) is 23.8 Å². The normalized spacial score (nSPS) is 14.1. The number of methoxy groups -OCH3 is 1. The van der Waals surface area contributed by atoms with E-state index < -0.39 is 6.10 Å². The molecule has 1 N–H and O–H groups in total. The van der Waals surface area contributed by atoms with Crippen LogP contribution < -0.4 is 9.64 Å². The number of anilines is 1. The van der Waals surface area contributed by atoms with Crippen molar-refractivity contribution in [1.29, 1.82) is 0 Å². The standard InChI is InChI=1S/C15H25NO2/c1-6-11(3)16(7-2)13-9-8-10-14(18-5)15(13)12(4)17/h8-12,17H,6-7H2,1-5H3/t11?,12-/m0/s1. The van der Waals surface area contributed by atoms with E-state index in [2.05, 4.69) is 31.7 Å². The van der Waals surface area contributed by atoms with Gasteiger partial charge in [0.25, 0.3) is 0 Å². The van der Waals surface area contributed by atoms with E-state index in [0.29, 0.717) is 6.04 Å². The summed E-state index contributed by atoms with van der Waals surface area (Å²) < 4.78 is 5.37. The minimum atomic E-state index is -0.533. The van der Waals surface area contributed by atoms with Gasteiger partial charge in [-0.2, -0.15) is 0 Å². The average Bonchev–Trinajstić information content (AvgIpc) is 2.38. The molecule has 0 saturated heterocycles. The number of aliphatic hydroxyl groups is 1. The summed E-state index contributed by atoms with van der Waals surface area (Å²) in [6.07, 6.45) is 0.541. The summed E-state index contributed by atoms with van der Waals surface area (Å²) >= 11 is 0. The van der Waals surface area contributed by atoms with Crippen LogP contribution in [0.4, 0.5) is 5.69 Å². The van der Waals surface area contributed by atoms with E-state index in [4.69, 9.17) is 4.74 Å². The Labute approximate surface area is 110 Å². The molecule has 1 rings (SSSR count). The Kier molecular flexibility index (Phi) is 5.48. The molecule has 2 atom stereocenters. The van der Waals surface area contributed by atoms with Crippen LogP contribution in [0.2, 0.25) is 0 Å². The van der Waals surface area contributed by atoms with Crippen molar-refractivity contribution in [3.63, 3.8) is 0 Å². The molecule has 0 aromatic heterocycles. The second-order valence-electron chi connectivity index (χ2n) is 4.61. The van der Waals surface area contributed by atoms with E-state index in [1.54, 1.807) is 14.0 Å². The fourth-order valence-electron chi connectivity index (χ4n) is 2.32. The van der Waals surface area contributed by atoms with E-state index in [1.807, 2.05) is 12.1 Å². The Morgan fingerprint density at radius 1 is 1.28 bits per heavy atom. The molecular weight excluding hydrogens is 226 g/mol. The van der Waals surface area contributed by atoms with Crippen LogP contribution in [-0.2, 0) is 0 Å². The largest absolute Gasteiger partial charge is 0.496 e. The zero-order valence-electron chi connectivity index (χ0n) is 12.1. The Morgan fingerprint density at radius 3 is 2.39 bits per heavy atom. The summed E-state index contributed by atoms with van der Waals surface area (Å²) in [5, 5.41) is 10.0. The van der Waals surface area contributed by atoms with Crippen LogP contribution in [0.25, 0.3) is 0 Å². The molecule has 0 heterocycles. The zero-order valence-corrected chi connectivity index (χ0v) is 12.1. The first-order valence-electron chi connectivity index (χ1n) is 6.68. The molecule has 1 aromatic carbocycles. The van der Waals surface area contributed by atoms with Gasteiger partial charge >= 0.3 is 0 Å². The highest BCUT2D eigenvalue weighted by atomic mass is 16.5. The van der Waals surface area contributed by atoms with Crippen LogP contribution in [0.5, 0.6) is 5.75 Å². The summed E-state index contributed by atoms with van der Waals surface area (Å²) in [6.45, 7) is 9.22. The Hall–Kier alpha value is -1.22. The number of ether oxygens (including phenoxy) is 1. The van der Waals surface area contributed by atoms with Crippen LogP contribution in [0.1, 0.15) is 45.8 Å². The van der Waals surface area contributed by atoms with Gasteiger partial charge in [0.1, 0.15) is 5.75 Å². The lowest BCUT2D eigenvalue weighted by Gasteiger charge is -2.32. The maximum atomic E-state index is 10.0. The Bertz CT molecular complexity index is 377. The first kappa shape index (κ1) is 14.8. The van der Waals surface area contributed by atoms with Gasteiger partial charge in [-0.05, 0) is 39.3 Å². The molecule has 0 aliphatic carbocycles. The maximum Gasteiger partial charge on any atom is 0.126 e. The van der Waals surface area contributed by atoms with Crippen LogP contribution >= 0.6 is 0 Å². The Balaban J connectivity index is 3.29. The SMILES string of the molecule is CCC(C)N(CC)c1cccc(OC)c1[C@H](C)O. The summed E-state index contributed by atoms with van der Waals surface area (Å²) in [7, 11) is 1.64. The summed E-state index contributed by atoms with van der Waals surface area (Å²) in [5.41, 5.74) is 1.95. The number of hydrogen-bond donors (Lipinski definition) is 1. The first-order chi connectivity index (χ1) is 8.56. The number of nitrogens with zero attached hydrogens (tertiary/aromatic N) is 1. The van der Waals surface area contributed by atoms with Gasteiger partial charge in [-0.1, -0.05) is 13.0 Å². The maximum absolute atomic E-state index is 10.0. The van der Waals surface area contributed by atoms with E-state index >= 15 is 0 Å². The van der Waals surface area contributed by atoms with E-state index in [1.165, 1.54) is 0 Å². The first-order valence-corrected chi connectivity index (χ1v) is 6.68. The molecule has 1 unspecified atom stereocenters. The molecule has 0 bridgehead atoms. The average molecular weight is 251 g/mol. The van der Waals surface area contributed by atoms with Crippen molar-refractivity contribution in [2.75, 3.05) is 18.6 Å². The van der Waals surface area contributed by atoms with E-state index in [-0.39, 0.29) is 0 Å². The number of aliphatic hydroxyl groups excluding tert-OH is 1. The van der Waals surface area contributed by atoms with Gasteiger partial charge in [-0.15, -0.1) is 0 Å². The van der Waals surface area contributed by atoms with Gasteiger partial charge < -0.3 is 14.7 Å². The quantitative estimate of drug-likeness (QED) is 0.841. The molecule has 0 saturated carbocycles. The van der Waals surface area contributed by atoms with Crippen molar-refractivity contribution >= 4 is 5.69 Å². The van der Waals surface area contributed by atoms with E-state index in [9.17, 15) is 5.11 Å². The molecule has 0 aliphatic heterocycles. The van der Waals surface area contributed by atoms with Gasteiger partial charge in [0.2, 0.25) is 0 Å². The molecule has 0 fully saturated rings. The lowest BCUT2D eigenvalue weighted by molar-refractivity contribution is 0.194. The lowest BCUT2D eigenvalue weighted by atomic mass is 10.0. The third-order valence-electron chi connectivity index (χ3n) is 3.45. The molecule has 3 heteroatoms. The van der Waals surface area contributed by atoms with Gasteiger partial charge in [0.05, 0.1) is 13.2 Å². The lowest BCUT2D eigenvalue weighted by Crippen LogP contribution is -2.33. The number of benzene rings is 1. The fraction of sp³-hybridized carbons (Fsp3) is 0.600. The van der Waals surface area contributed by atoms with Gasteiger partial charge in [-0.25, -0.2) is 0 Å².